The van der Waals surface area contributed by atoms with Crippen LogP contribution in [0.2, 0.25) is 0 Å². The first-order valence-electron chi connectivity index (χ1n) is 11.1. The van der Waals surface area contributed by atoms with Crippen LogP contribution in [0.1, 0.15) is 33.7 Å². The predicted molar refractivity (Wildman–Crippen MR) is 131 cm³/mol. The molecule has 0 saturated heterocycles. The van der Waals surface area contributed by atoms with E-state index < -0.39 is 23.7 Å². The molecule has 0 fully saturated rings. The van der Waals surface area contributed by atoms with Crippen LogP contribution in [0.25, 0.3) is 34.6 Å². The number of allylic oxidation sites excluding steroid dienone is 1. The molecule has 1 aliphatic heterocycles. The van der Waals surface area contributed by atoms with Crippen LogP contribution in [0.15, 0.2) is 69.6 Å². The Balaban J connectivity index is 1.62. The Morgan fingerprint density at radius 1 is 0.973 bits per heavy atom. The number of aliphatic hydroxyl groups is 1. The number of carbonyl (C=O) groups is 2. The minimum atomic E-state index is -1.26. The van der Waals surface area contributed by atoms with Gasteiger partial charge in [0.05, 0.1) is 17.7 Å². The van der Waals surface area contributed by atoms with Gasteiger partial charge < -0.3 is 29.7 Å². The van der Waals surface area contributed by atoms with Gasteiger partial charge in [-0.2, -0.15) is 0 Å². The van der Waals surface area contributed by atoms with Crippen molar-refractivity contribution in [1.82, 2.24) is 4.73 Å². The average Bonchev–Trinajstić information content (AvgIpc) is 3.04. The predicted octanol–water partition coefficient (Wildman–Crippen LogP) is 3.84. The molecule has 5 rings (SSSR count). The topological polar surface area (TPSA) is 159 Å². The molecule has 0 atom stereocenters. The Bertz CT molecular complexity index is 1640. The number of carbonyl (C=O) groups excluding carboxylic acids is 1. The zero-order chi connectivity index (χ0) is 26.3. The van der Waals surface area contributed by atoms with Gasteiger partial charge in [-0.1, -0.05) is 24.3 Å². The highest BCUT2D eigenvalue weighted by molar-refractivity contribution is 6.02. The van der Waals surface area contributed by atoms with E-state index >= 15 is 0 Å². The number of carboxylic acid groups (broad SMARTS) is 1. The van der Waals surface area contributed by atoms with Crippen molar-refractivity contribution >= 4 is 24.1 Å². The Morgan fingerprint density at radius 2 is 1.70 bits per heavy atom. The Hall–Kier alpha value is -5.25. The summed E-state index contributed by atoms with van der Waals surface area (Å²) in [6.07, 6.45) is 4.74. The third-order valence-corrected chi connectivity index (χ3v) is 5.81. The largest absolute Gasteiger partial charge is 0.512 e. The molecule has 0 spiro atoms. The van der Waals surface area contributed by atoms with Crippen LogP contribution in [0, 0.1) is 0 Å². The van der Waals surface area contributed by atoms with Crippen LogP contribution >= 0.6 is 0 Å². The van der Waals surface area contributed by atoms with E-state index in [-0.39, 0.29) is 41.1 Å². The number of aromatic carboxylic acids is 1. The van der Waals surface area contributed by atoms with Gasteiger partial charge in [0.15, 0.2) is 5.43 Å². The summed E-state index contributed by atoms with van der Waals surface area (Å²) in [6, 6.07) is 10.9. The van der Waals surface area contributed by atoms with Crippen molar-refractivity contribution in [2.45, 2.75) is 12.8 Å². The summed E-state index contributed by atoms with van der Waals surface area (Å²) in [7, 11) is 0. The molecule has 10 heteroatoms. The highest BCUT2D eigenvalue weighted by Gasteiger charge is 2.25. The van der Waals surface area contributed by atoms with Gasteiger partial charge in [0.2, 0.25) is 11.8 Å². The molecule has 0 radical (unpaired) electrons. The van der Waals surface area contributed by atoms with Crippen molar-refractivity contribution in [2.24, 2.45) is 0 Å². The molecule has 10 nitrogen and oxygen atoms in total. The van der Waals surface area contributed by atoms with Crippen molar-refractivity contribution in [1.29, 1.82) is 0 Å². The lowest BCUT2D eigenvalue weighted by Crippen LogP contribution is -2.21. The molecule has 0 amide bonds. The van der Waals surface area contributed by atoms with E-state index in [1.165, 1.54) is 24.3 Å². The maximum absolute atomic E-state index is 12.4. The van der Waals surface area contributed by atoms with Crippen LogP contribution in [-0.4, -0.2) is 37.1 Å². The maximum Gasteiger partial charge on any atom is 0.337 e. The molecular formula is C27H19NO9. The van der Waals surface area contributed by atoms with E-state index in [0.717, 1.165) is 12.1 Å². The van der Waals surface area contributed by atoms with Crippen LogP contribution in [0.5, 0.6) is 11.8 Å². The first kappa shape index (κ1) is 23.5. The molecule has 4 N–H and O–H groups in total. The summed E-state index contributed by atoms with van der Waals surface area (Å²) < 4.78 is 6.43. The number of hydrogen-bond acceptors (Lipinski definition) is 8. The first-order valence-corrected chi connectivity index (χ1v) is 11.1. The lowest BCUT2D eigenvalue weighted by atomic mass is 9.88. The second kappa shape index (κ2) is 9.08. The van der Waals surface area contributed by atoms with Gasteiger partial charge in [0.25, 0.3) is 0 Å². The van der Waals surface area contributed by atoms with Gasteiger partial charge >= 0.3 is 11.9 Å². The van der Waals surface area contributed by atoms with E-state index in [2.05, 4.69) is 0 Å². The number of hydrogen-bond donors (Lipinski definition) is 4. The summed E-state index contributed by atoms with van der Waals surface area (Å²) in [5.74, 6) is -2.56. The number of rotatable bonds is 5. The van der Waals surface area contributed by atoms with E-state index in [1.807, 2.05) is 0 Å². The van der Waals surface area contributed by atoms with Gasteiger partial charge in [0.1, 0.15) is 11.5 Å². The fourth-order valence-electron chi connectivity index (χ4n) is 4.20. The van der Waals surface area contributed by atoms with Crippen LogP contribution in [0.4, 0.5) is 0 Å². The Kier molecular flexibility index (Phi) is 5.76. The molecule has 0 bridgehead atoms. The fourth-order valence-corrected chi connectivity index (χ4v) is 4.20. The molecule has 1 aromatic heterocycles. The second-order valence-electron chi connectivity index (χ2n) is 8.32. The van der Waals surface area contributed by atoms with Crippen molar-refractivity contribution < 1.29 is 39.3 Å². The second-order valence-corrected chi connectivity index (χ2v) is 8.32. The summed E-state index contributed by atoms with van der Waals surface area (Å²) in [5, 5.41) is 39.5. The maximum atomic E-state index is 12.4. The number of aromatic nitrogens is 1. The molecule has 0 unspecified atom stereocenters. The highest BCUT2D eigenvalue weighted by atomic mass is 16.7. The summed E-state index contributed by atoms with van der Waals surface area (Å²) >= 11 is 0. The quantitative estimate of drug-likeness (QED) is 0.319. The number of benzene rings is 2. The third-order valence-electron chi connectivity index (χ3n) is 5.81. The highest BCUT2D eigenvalue weighted by Crippen LogP contribution is 2.42. The third kappa shape index (κ3) is 4.43. The molecule has 186 valence electrons. The minimum absolute atomic E-state index is 0.0365. The van der Waals surface area contributed by atoms with Gasteiger partial charge in [0, 0.05) is 47.4 Å². The normalized spacial score (nSPS) is 12.6. The fraction of sp³-hybridized carbons (Fsp3) is 0.0741. The summed E-state index contributed by atoms with van der Waals surface area (Å²) in [4.78, 5) is 41.7. The molecule has 3 aliphatic rings. The lowest BCUT2D eigenvalue weighted by molar-refractivity contribution is -0.144. The zero-order valence-corrected chi connectivity index (χ0v) is 19.0. The number of fused-ring (bicyclic) bond motifs is 2. The van der Waals surface area contributed by atoms with Gasteiger partial charge in [-0.05, 0) is 29.3 Å². The van der Waals surface area contributed by atoms with Crippen molar-refractivity contribution in [3.05, 3.63) is 93.0 Å². The number of carboxylic acids is 1. The monoisotopic (exact) mass is 501 g/mol. The van der Waals surface area contributed by atoms with Gasteiger partial charge in [-0.25, -0.2) is 9.59 Å². The molecule has 2 heterocycles. The van der Waals surface area contributed by atoms with Crippen molar-refractivity contribution in [3.63, 3.8) is 0 Å². The average molecular weight is 501 g/mol. The summed E-state index contributed by atoms with van der Waals surface area (Å²) in [5.41, 5.74) is 1.68. The standard InChI is InChI=1S/C27H19NO9/c29-15-2-1-3-18-21(12-15)36-22-13-16(30)5-7-19(22)26(18)17-6-4-14(10-20(17)27(34)35)11-25(33)37-28-23(31)8-9-24(28)32/h1,3-10,12-13,29,31-32H,2,11H2,(H,34,35). The van der Waals surface area contributed by atoms with E-state index in [0.29, 0.717) is 32.5 Å². The Morgan fingerprint density at radius 3 is 2.43 bits per heavy atom. The van der Waals surface area contributed by atoms with Crippen LogP contribution < -0.4 is 10.3 Å². The molecule has 37 heavy (non-hydrogen) atoms. The molecule has 1 aromatic carbocycles. The molecule has 2 aromatic rings. The molecular weight excluding hydrogens is 482 g/mol. The number of aliphatic hydroxyl groups excluding tert-OH is 1. The van der Waals surface area contributed by atoms with Crippen molar-refractivity contribution in [3.8, 4) is 34.2 Å². The van der Waals surface area contributed by atoms with Crippen LogP contribution in [0.3, 0.4) is 0 Å². The smallest absolute Gasteiger partial charge is 0.337 e. The SMILES string of the molecule is O=C(Cc1ccc(-c2c3ccc(=O)cc-3oc3c2C=CCC(O)=C3)c(C(=O)O)c1)On1c(O)ccc1O. The van der Waals surface area contributed by atoms with E-state index in [1.54, 1.807) is 30.4 Å². The van der Waals surface area contributed by atoms with Crippen molar-refractivity contribution in [2.75, 3.05) is 0 Å². The van der Waals surface area contributed by atoms with Gasteiger partial charge in [-0.15, -0.1) is 4.73 Å². The van der Waals surface area contributed by atoms with Crippen LogP contribution in [-0.2, 0) is 11.2 Å². The van der Waals surface area contributed by atoms with Gasteiger partial charge in [-0.3, -0.25) is 4.79 Å². The lowest BCUT2D eigenvalue weighted by Gasteiger charge is -2.19. The minimum Gasteiger partial charge on any atom is -0.512 e. The van der Waals surface area contributed by atoms with E-state index in [4.69, 9.17) is 9.25 Å². The molecule has 2 aliphatic carbocycles. The Labute approximate surface area is 208 Å². The molecule has 0 saturated carbocycles. The number of aromatic hydroxyl groups is 2. The first-order chi connectivity index (χ1) is 17.7. The number of nitrogens with zero attached hydrogens (tertiary/aromatic N) is 1. The summed E-state index contributed by atoms with van der Waals surface area (Å²) in [6.45, 7) is 0. The zero-order valence-electron chi connectivity index (χ0n) is 19.0. The van der Waals surface area contributed by atoms with E-state index in [9.17, 15) is 34.8 Å².